The monoisotopic (exact) mass is 331 g/mol. The van der Waals surface area contributed by atoms with Crippen LogP contribution in [0.2, 0.25) is 5.02 Å². The minimum absolute atomic E-state index is 0.411. The molecule has 0 saturated carbocycles. The smallest absolute Gasteiger partial charge is 0.338 e. The molecular formula is C18H18ClNO3. The van der Waals surface area contributed by atoms with Gasteiger partial charge in [0.1, 0.15) is 0 Å². The number of halogens is 1. The van der Waals surface area contributed by atoms with Crippen LogP contribution >= 0.6 is 11.6 Å². The first-order valence-electron chi connectivity index (χ1n) is 7.21. The normalized spacial score (nSPS) is 11.7. The van der Waals surface area contributed by atoms with Gasteiger partial charge in [-0.3, -0.25) is 4.79 Å². The van der Waals surface area contributed by atoms with Crippen molar-refractivity contribution in [2.24, 2.45) is 0 Å². The van der Waals surface area contributed by atoms with Gasteiger partial charge in [0, 0.05) is 10.7 Å². The zero-order chi connectivity index (χ0) is 17.0. The molecule has 2 aromatic carbocycles. The summed E-state index contributed by atoms with van der Waals surface area (Å²) in [4.78, 5) is 24.1. The van der Waals surface area contributed by atoms with E-state index in [4.69, 9.17) is 16.3 Å². The quantitative estimate of drug-likeness (QED) is 0.857. The molecule has 0 saturated heterocycles. The fourth-order valence-corrected chi connectivity index (χ4v) is 2.07. The van der Waals surface area contributed by atoms with Gasteiger partial charge in [0.2, 0.25) is 0 Å². The van der Waals surface area contributed by atoms with Gasteiger partial charge in [0.05, 0.1) is 5.56 Å². The molecule has 1 amide bonds. The van der Waals surface area contributed by atoms with Gasteiger partial charge in [-0.2, -0.15) is 0 Å². The molecule has 0 aliphatic rings. The number of anilines is 1. The van der Waals surface area contributed by atoms with E-state index < -0.39 is 18.0 Å². The van der Waals surface area contributed by atoms with Crippen LogP contribution in [0.25, 0.3) is 0 Å². The molecule has 2 aromatic rings. The first-order chi connectivity index (χ1) is 10.9. The van der Waals surface area contributed by atoms with Crippen molar-refractivity contribution >= 4 is 29.2 Å². The molecule has 1 N–H and O–H groups in total. The summed E-state index contributed by atoms with van der Waals surface area (Å²) in [5.74, 6) is -0.944. The predicted molar refractivity (Wildman–Crippen MR) is 90.9 cm³/mol. The van der Waals surface area contributed by atoms with Gasteiger partial charge < -0.3 is 10.1 Å². The largest absolute Gasteiger partial charge is 0.449 e. The molecule has 0 fully saturated rings. The van der Waals surface area contributed by atoms with E-state index in [1.807, 2.05) is 26.0 Å². The van der Waals surface area contributed by atoms with Crippen LogP contribution in [-0.2, 0) is 9.53 Å². The predicted octanol–water partition coefficient (Wildman–Crippen LogP) is 4.14. The number of amides is 1. The lowest BCUT2D eigenvalue weighted by molar-refractivity contribution is -0.123. The topological polar surface area (TPSA) is 55.4 Å². The third-order valence-corrected chi connectivity index (χ3v) is 3.79. The number of rotatable bonds is 4. The Bertz CT molecular complexity index is 726. The Morgan fingerprint density at radius 3 is 2.35 bits per heavy atom. The molecule has 0 aromatic heterocycles. The van der Waals surface area contributed by atoms with Gasteiger partial charge in [-0.05, 0) is 50.6 Å². The Morgan fingerprint density at radius 2 is 1.74 bits per heavy atom. The number of nitrogens with one attached hydrogen (secondary N) is 1. The lowest BCUT2D eigenvalue weighted by atomic mass is 10.1. The zero-order valence-electron chi connectivity index (χ0n) is 13.2. The third kappa shape index (κ3) is 4.57. The lowest BCUT2D eigenvalue weighted by Crippen LogP contribution is -2.30. The molecule has 0 bridgehead atoms. The summed E-state index contributed by atoms with van der Waals surface area (Å²) in [7, 11) is 0. The molecule has 0 unspecified atom stereocenters. The van der Waals surface area contributed by atoms with Gasteiger partial charge in [-0.15, -0.1) is 0 Å². The van der Waals surface area contributed by atoms with Crippen LogP contribution in [0.1, 0.15) is 28.4 Å². The van der Waals surface area contributed by atoms with Crippen LogP contribution in [0.4, 0.5) is 5.69 Å². The molecule has 1 atom stereocenters. The van der Waals surface area contributed by atoms with Crippen molar-refractivity contribution in [3.05, 3.63) is 64.2 Å². The van der Waals surface area contributed by atoms with E-state index >= 15 is 0 Å². The van der Waals surface area contributed by atoms with E-state index in [0.29, 0.717) is 16.3 Å². The number of hydrogen-bond acceptors (Lipinski definition) is 3. The van der Waals surface area contributed by atoms with E-state index in [1.165, 1.54) is 6.92 Å². The molecule has 0 aliphatic heterocycles. The van der Waals surface area contributed by atoms with Crippen LogP contribution in [0.15, 0.2) is 42.5 Å². The highest BCUT2D eigenvalue weighted by molar-refractivity contribution is 6.31. The average molecular weight is 332 g/mol. The molecular weight excluding hydrogens is 314 g/mol. The maximum atomic E-state index is 12.1. The number of carbonyl (C=O) groups is 2. The third-order valence-electron chi connectivity index (χ3n) is 3.38. The number of benzene rings is 2. The Kier molecular flexibility index (Phi) is 5.40. The number of carbonyl (C=O) groups excluding carboxylic acids is 2. The highest BCUT2D eigenvalue weighted by atomic mass is 35.5. The van der Waals surface area contributed by atoms with Crippen molar-refractivity contribution in [1.29, 1.82) is 0 Å². The highest BCUT2D eigenvalue weighted by Crippen LogP contribution is 2.20. The maximum Gasteiger partial charge on any atom is 0.338 e. The molecule has 2 rings (SSSR count). The van der Waals surface area contributed by atoms with E-state index in [1.54, 1.807) is 30.3 Å². The maximum absolute atomic E-state index is 12.1. The van der Waals surface area contributed by atoms with Crippen LogP contribution in [0.5, 0.6) is 0 Å². The standard InChI is InChI=1S/C18H18ClNO3/c1-11-4-7-14(8-5-11)18(22)23-13(3)17(21)20-15-9-6-12(2)16(19)10-15/h4-10,13H,1-3H3,(H,20,21)/t13-/m1/s1. The number of esters is 1. The van der Waals surface area contributed by atoms with Crippen LogP contribution in [0, 0.1) is 13.8 Å². The molecule has 4 nitrogen and oxygen atoms in total. The second kappa shape index (κ2) is 7.29. The molecule has 23 heavy (non-hydrogen) atoms. The van der Waals surface area contributed by atoms with Gasteiger partial charge >= 0.3 is 5.97 Å². The molecule has 120 valence electrons. The lowest BCUT2D eigenvalue weighted by Gasteiger charge is -2.14. The molecule has 0 aliphatic carbocycles. The first-order valence-corrected chi connectivity index (χ1v) is 7.59. The summed E-state index contributed by atoms with van der Waals surface area (Å²) in [6, 6.07) is 12.2. The Hall–Kier alpha value is -2.33. The minimum Gasteiger partial charge on any atom is -0.449 e. The average Bonchev–Trinajstić information content (AvgIpc) is 2.51. The van der Waals surface area contributed by atoms with Crippen molar-refractivity contribution in [3.63, 3.8) is 0 Å². The van der Waals surface area contributed by atoms with Gasteiger partial charge in [-0.25, -0.2) is 4.79 Å². The summed E-state index contributed by atoms with van der Waals surface area (Å²) in [5, 5.41) is 3.24. The second-order valence-electron chi connectivity index (χ2n) is 5.37. The van der Waals surface area contributed by atoms with E-state index in [9.17, 15) is 9.59 Å². The number of hydrogen-bond donors (Lipinski definition) is 1. The van der Waals surface area contributed by atoms with Gasteiger partial charge in [0.25, 0.3) is 5.91 Å². The first kappa shape index (κ1) is 17.0. The van der Waals surface area contributed by atoms with Crippen LogP contribution in [-0.4, -0.2) is 18.0 Å². The van der Waals surface area contributed by atoms with Crippen molar-refractivity contribution in [2.75, 3.05) is 5.32 Å². The summed E-state index contributed by atoms with van der Waals surface area (Å²) >= 11 is 6.02. The summed E-state index contributed by atoms with van der Waals surface area (Å²) in [5.41, 5.74) is 2.93. The van der Waals surface area contributed by atoms with E-state index in [2.05, 4.69) is 5.32 Å². The van der Waals surface area contributed by atoms with Crippen molar-refractivity contribution in [1.82, 2.24) is 0 Å². The molecule has 0 heterocycles. The summed E-state index contributed by atoms with van der Waals surface area (Å²) < 4.78 is 5.18. The number of ether oxygens (including phenoxy) is 1. The van der Waals surface area contributed by atoms with Crippen molar-refractivity contribution in [3.8, 4) is 0 Å². The fraction of sp³-hybridized carbons (Fsp3) is 0.222. The summed E-state index contributed by atoms with van der Waals surface area (Å²) in [6.45, 7) is 5.33. The Balaban J connectivity index is 1.97. The SMILES string of the molecule is Cc1ccc(C(=O)O[C@H](C)C(=O)Nc2ccc(C)c(Cl)c2)cc1. The van der Waals surface area contributed by atoms with Gasteiger partial charge in [0.15, 0.2) is 6.10 Å². The van der Waals surface area contributed by atoms with Crippen LogP contribution in [0.3, 0.4) is 0 Å². The van der Waals surface area contributed by atoms with Crippen molar-refractivity contribution in [2.45, 2.75) is 26.9 Å². The molecule has 0 radical (unpaired) electrons. The molecule has 5 heteroatoms. The molecule has 0 spiro atoms. The van der Waals surface area contributed by atoms with Crippen LogP contribution < -0.4 is 5.32 Å². The Labute approximate surface area is 140 Å². The van der Waals surface area contributed by atoms with E-state index in [-0.39, 0.29) is 0 Å². The van der Waals surface area contributed by atoms with Crippen molar-refractivity contribution < 1.29 is 14.3 Å². The summed E-state index contributed by atoms with van der Waals surface area (Å²) in [6.07, 6.45) is -0.913. The number of aryl methyl sites for hydroxylation is 2. The van der Waals surface area contributed by atoms with E-state index in [0.717, 1.165) is 11.1 Å². The second-order valence-corrected chi connectivity index (χ2v) is 5.77. The Morgan fingerprint density at radius 1 is 1.09 bits per heavy atom. The zero-order valence-corrected chi connectivity index (χ0v) is 14.0. The highest BCUT2D eigenvalue weighted by Gasteiger charge is 2.19. The van der Waals surface area contributed by atoms with Gasteiger partial charge in [-0.1, -0.05) is 35.4 Å². The fourth-order valence-electron chi connectivity index (χ4n) is 1.89. The minimum atomic E-state index is -0.913.